The molecule has 0 saturated heterocycles. The van der Waals surface area contributed by atoms with Crippen molar-refractivity contribution >= 4 is 11.6 Å². The van der Waals surface area contributed by atoms with Gasteiger partial charge in [0, 0.05) is 5.56 Å². The molecule has 0 aromatic heterocycles. The summed E-state index contributed by atoms with van der Waals surface area (Å²) < 4.78 is 36.3. The van der Waals surface area contributed by atoms with Gasteiger partial charge in [0.2, 0.25) is 5.71 Å². The molecule has 1 amide bonds. The molecule has 1 rings (SSSR count). The third kappa shape index (κ3) is 2.92. The van der Waals surface area contributed by atoms with E-state index >= 15 is 0 Å². The summed E-state index contributed by atoms with van der Waals surface area (Å²) in [6.07, 6.45) is -4.90. The van der Waals surface area contributed by atoms with Crippen molar-refractivity contribution in [3.05, 3.63) is 35.9 Å². The normalized spacial score (nSPS) is 12.0. The van der Waals surface area contributed by atoms with Crippen LogP contribution in [0.4, 0.5) is 13.2 Å². The highest BCUT2D eigenvalue weighted by Gasteiger charge is 2.36. The van der Waals surface area contributed by atoms with Gasteiger partial charge < -0.3 is 0 Å². The summed E-state index contributed by atoms with van der Waals surface area (Å²) in [5.74, 6) is -1.09. The Bertz CT molecular complexity index is 457. The van der Waals surface area contributed by atoms with E-state index in [9.17, 15) is 18.0 Å². The molecule has 6 heteroatoms. The van der Waals surface area contributed by atoms with Gasteiger partial charge in [-0.15, -0.1) is 0 Å². The zero-order valence-corrected chi connectivity index (χ0v) is 7.82. The summed E-state index contributed by atoms with van der Waals surface area (Å²) in [5, 5.41) is 8.20. The fraction of sp³-hybridized carbons (Fsp3) is 0.100. The molecule has 0 N–H and O–H groups in total. The van der Waals surface area contributed by atoms with Crippen molar-refractivity contribution in [3.8, 4) is 6.07 Å². The molecule has 0 atom stereocenters. The lowest BCUT2D eigenvalue weighted by atomic mass is 10.2. The minimum absolute atomic E-state index is 0.000463. The van der Waals surface area contributed by atoms with Gasteiger partial charge in [0.15, 0.2) is 0 Å². The zero-order chi connectivity index (χ0) is 12.2. The number of carbonyl (C=O) groups excluding carboxylic acids is 1. The van der Waals surface area contributed by atoms with E-state index in [-0.39, 0.29) is 5.56 Å². The third-order valence-electron chi connectivity index (χ3n) is 1.61. The van der Waals surface area contributed by atoms with Crippen molar-refractivity contribution in [2.24, 2.45) is 4.99 Å². The van der Waals surface area contributed by atoms with Crippen molar-refractivity contribution < 1.29 is 18.0 Å². The van der Waals surface area contributed by atoms with Crippen LogP contribution in [0.5, 0.6) is 0 Å². The van der Waals surface area contributed by atoms with Crippen LogP contribution in [0.15, 0.2) is 35.3 Å². The maximum absolute atomic E-state index is 12.1. The zero-order valence-electron chi connectivity index (χ0n) is 7.82. The first-order valence-electron chi connectivity index (χ1n) is 4.10. The lowest BCUT2D eigenvalue weighted by molar-refractivity contribution is -0.0573. The van der Waals surface area contributed by atoms with Crippen LogP contribution in [0.2, 0.25) is 0 Å². The average Bonchev–Trinajstić information content (AvgIpc) is 2.25. The Morgan fingerprint density at radius 2 is 1.81 bits per heavy atom. The van der Waals surface area contributed by atoms with Crippen molar-refractivity contribution in [3.63, 3.8) is 0 Å². The first-order valence-corrected chi connectivity index (χ1v) is 4.10. The molecule has 16 heavy (non-hydrogen) atoms. The molecule has 0 aliphatic rings. The number of carbonyl (C=O) groups is 1. The lowest BCUT2D eigenvalue weighted by Crippen LogP contribution is -2.22. The number of amides is 1. The van der Waals surface area contributed by atoms with Crippen LogP contribution in [-0.2, 0) is 0 Å². The van der Waals surface area contributed by atoms with E-state index in [2.05, 4.69) is 4.99 Å². The molecule has 0 radical (unpaired) electrons. The van der Waals surface area contributed by atoms with Gasteiger partial charge in [0.05, 0.1) is 0 Å². The molecule has 0 spiro atoms. The van der Waals surface area contributed by atoms with Gasteiger partial charge in [-0.05, 0) is 12.1 Å². The van der Waals surface area contributed by atoms with Crippen LogP contribution in [0.1, 0.15) is 10.4 Å². The number of aliphatic imine (C=N–C) groups is 1. The molecule has 0 fully saturated rings. The molecular formula is C10H5F3N2O. The minimum atomic E-state index is -4.90. The van der Waals surface area contributed by atoms with E-state index in [0.717, 1.165) is 6.07 Å². The molecule has 0 unspecified atom stereocenters. The Labute approximate surface area is 88.8 Å². The quantitative estimate of drug-likeness (QED) is 0.690. The van der Waals surface area contributed by atoms with Crippen LogP contribution in [0, 0.1) is 11.3 Å². The van der Waals surface area contributed by atoms with Gasteiger partial charge in [-0.1, -0.05) is 18.2 Å². The maximum atomic E-state index is 12.1. The third-order valence-corrected chi connectivity index (χ3v) is 1.61. The molecule has 1 aromatic carbocycles. The minimum Gasteiger partial charge on any atom is -0.267 e. The van der Waals surface area contributed by atoms with Crippen molar-refractivity contribution in [1.29, 1.82) is 5.26 Å². The number of benzene rings is 1. The number of rotatable bonds is 1. The van der Waals surface area contributed by atoms with E-state index in [1.165, 1.54) is 24.3 Å². The fourth-order valence-electron chi connectivity index (χ4n) is 0.899. The van der Waals surface area contributed by atoms with Gasteiger partial charge in [0.1, 0.15) is 6.07 Å². The topological polar surface area (TPSA) is 53.2 Å². The molecule has 1 aromatic rings. The summed E-state index contributed by atoms with van der Waals surface area (Å²) in [4.78, 5) is 14.0. The fourth-order valence-corrected chi connectivity index (χ4v) is 0.899. The summed E-state index contributed by atoms with van der Waals surface area (Å²) >= 11 is 0. The second-order valence-electron chi connectivity index (χ2n) is 2.74. The van der Waals surface area contributed by atoms with Gasteiger partial charge in [0.25, 0.3) is 5.91 Å². The number of alkyl halides is 3. The molecule has 0 bridgehead atoms. The molecule has 0 saturated carbocycles. The maximum Gasteiger partial charge on any atom is 0.443 e. The molecule has 0 aliphatic carbocycles. The average molecular weight is 226 g/mol. The predicted molar refractivity (Wildman–Crippen MR) is 49.9 cm³/mol. The Morgan fingerprint density at radius 3 is 2.25 bits per heavy atom. The number of nitriles is 1. The summed E-state index contributed by atoms with van der Waals surface area (Å²) in [5.41, 5.74) is -1.75. The van der Waals surface area contributed by atoms with Gasteiger partial charge in [-0.2, -0.15) is 23.4 Å². The number of halogens is 3. The second kappa shape index (κ2) is 4.57. The molecule has 0 aliphatic heterocycles. The monoisotopic (exact) mass is 226 g/mol. The van der Waals surface area contributed by atoms with Crippen molar-refractivity contribution in [1.82, 2.24) is 0 Å². The van der Waals surface area contributed by atoms with E-state index in [1.54, 1.807) is 6.07 Å². The standard InChI is InChI=1S/C10H5F3N2O/c11-10(12,13)8(6-14)15-9(16)7-4-2-1-3-5-7/h1-5H. The highest BCUT2D eigenvalue weighted by molar-refractivity contribution is 6.11. The van der Waals surface area contributed by atoms with Crippen LogP contribution < -0.4 is 0 Å². The second-order valence-corrected chi connectivity index (χ2v) is 2.74. The van der Waals surface area contributed by atoms with Crippen molar-refractivity contribution in [2.75, 3.05) is 0 Å². The first kappa shape index (κ1) is 11.9. The Balaban J connectivity index is 3.02. The number of nitrogens with zero attached hydrogens (tertiary/aromatic N) is 2. The largest absolute Gasteiger partial charge is 0.443 e. The SMILES string of the molecule is N#CC(=NC(=O)c1ccccc1)C(F)(F)F. The predicted octanol–water partition coefficient (Wildman–Crippen LogP) is 2.35. The number of hydrogen-bond donors (Lipinski definition) is 0. The Kier molecular flexibility index (Phi) is 3.40. The summed E-state index contributed by atoms with van der Waals surface area (Å²) in [6, 6.07) is 8.06. The molecular weight excluding hydrogens is 221 g/mol. The van der Waals surface area contributed by atoms with E-state index in [4.69, 9.17) is 5.26 Å². The highest BCUT2D eigenvalue weighted by Crippen LogP contribution is 2.17. The van der Waals surface area contributed by atoms with Crippen LogP contribution in [0.25, 0.3) is 0 Å². The van der Waals surface area contributed by atoms with E-state index < -0.39 is 17.8 Å². The molecule has 82 valence electrons. The van der Waals surface area contributed by atoms with Crippen LogP contribution >= 0.6 is 0 Å². The van der Waals surface area contributed by atoms with Crippen LogP contribution in [-0.4, -0.2) is 17.8 Å². The highest BCUT2D eigenvalue weighted by atomic mass is 19.4. The summed E-state index contributed by atoms with van der Waals surface area (Å²) in [7, 11) is 0. The van der Waals surface area contributed by atoms with Gasteiger partial charge in [-0.25, -0.2) is 0 Å². The van der Waals surface area contributed by atoms with Crippen LogP contribution in [0.3, 0.4) is 0 Å². The van der Waals surface area contributed by atoms with Gasteiger partial charge in [-0.3, -0.25) is 4.79 Å². The Hall–Kier alpha value is -2.16. The van der Waals surface area contributed by atoms with Gasteiger partial charge >= 0.3 is 6.18 Å². The smallest absolute Gasteiger partial charge is 0.267 e. The first-order chi connectivity index (χ1) is 7.45. The molecule has 0 heterocycles. The van der Waals surface area contributed by atoms with Crippen molar-refractivity contribution in [2.45, 2.75) is 6.18 Å². The van der Waals surface area contributed by atoms with E-state index in [0.29, 0.717) is 0 Å². The number of hydrogen-bond acceptors (Lipinski definition) is 2. The molecule has 3 nitrogen and oxygen atoms in total. The Morgan fingerprint density at radius 1 is 1.25 bits per heavy atom. The lowest BCUT2D eigenvalue weighted by Gasteiger charge is -2.01. The summed E-state index contributed by atoms with van der Waals surface area (Å²) in [6.45, 7) is 0. The van der Waals surface area contributed by atoms with E-state index in [1.807, 2.05) is 0 Å².